The lowest BCUT2D eigenvalue weighted by molar-refractivity contribution is -0.141. The second-order valence-corrected chi connectivity index (χ2v) is 6.44. The first-order valence-electron chi connectivity index (χ1n) is 7.49. The van der Waals surface area contributed by atoms with Crippen molar-refractivity contribution in [2.75, 3.05) is 6.54 Å². The van der Waals surface area contributed by atoms with Crippen LogP contribution in [0, 0.1) is 5.41 Å². The van der Waals surface area contributed by atoms with Crippen molar-refractivity contribution in [3.63, 3.8) is 0 Å². The zero-order valence-electron chi connectivity index (χ0n) is 12.6. The Bertz CT molecular complexity index is 346. The summed E-state index contributed by atoms with van der Waals surface area (Å²) < 4.78 is 0. The van der Waals surface area contributed by atoms with Gasteiger partial charge in [0.05, 0.1) is 12.0 Å². The molecule has 0 aromatic carbocycles. The average molecular weight is 285 g/mol. The predicted octanol–water partition coefficient (Wildman–Crippen LogP) is 2.08. The third-order valence-corrected chi connectivity index (χ3v) is 4.40. The highest BCUT2D eigenvalue weighted by Gasteiger charge is 2.36. The summed E-state index contributed by atoms with van der Waals surface area (Å²) in [5.41, 5.74) is -1.30. The van der Waals surface area contributed by atoms with E-state index in [2.05, 4.69) is 5.32 Å². The van der Waals surface area contributed by atoms with Crippen LogP contribution in [0.5, 0.6) is 0 Å². The van der Waals surface area contributed by atoms with Crippen LogP contribution in [-0.4, -0.2) is 34.2 Å². The first kappa shape index (κ1) is 17.0. The SMILES string of the molecule is CCC(C)(O)CNC(=O)CC1(CC(=O)O)CCCCC1. The first-order valence-corrected chi connectivity index (χ1v) is 7.49. The monoisotopic (exact) mass is 285 g/mol. The molecule has 3 N–H and O–H groups in total. The van der Waals surface area contributed by atoms with Crippen molar-refractivity contribution in [1.82, 2.24) is 5.32 Å². The summed E-state index contributed by atoms with van der Waals surface area (Å²) in [6, 6.07) is 0. The van der Waals surface area contributed by atoms with Gasteiger partial charge in [-0.1, -0.05) is 26.2 Å². The molecule has 1 aliphatic carbocycles. The topological polar surface area (TPSA) is 86.6 Å². The zero-order valence-corrected chi connectivity index (χ0v) is 12.6. The highest BCUT2D eigenvalue weighted by Crippen LogP contribution is 2.42. The van der Waals surface area contributed by atoms with Gasteiger partial charge in [0.25, 0.3) is 0 Å². The maximum absolute atomic E-state index is 12.0. The summed E-state index contributed by atoms with van der Waals surface area (Å²) in [5.74, 6) is -0.984. The summed E-state index contributed by atoms with van der Waals surface area (Å²) in [6.07, 6.45) is 5.58. The van der Waals surface area contributed by atoms with Crippen molar-refractivity contribution in [2.45, 2.75) is 70.8 Å². The van der Waals surface area contributed by atoms with E-state index < -0.39 is 17.0 Å². The molecule has 5 heteroatoms. The number of carboxylic acid groups (broad SMARTS) is 1. The van der Waals surface area contributed by atoms with Gasteiger partial charge in [-0.05, 0) is 31.6 Å². The van der Waals surface area contributed by atoms with Gasteiger partial charge < -0.3 is 15.5 Å². The lowest BCUT2D eigenvalue weighted by atomic mass is 9.69. The molecule has 0 aliphatic heterocycles. The standard InChI is InChI=1S/C15H27NO4/c1-3-14(2,20)11-16-12(17)9-15(10-13(18)19)7-5-4-6-8-15/h20H,3-11H2,1-2H3,(H,16,17)(H,18,19). The molecule has 1 rings (SSSR count). The normalized spacial score (nSPS) is 20.9. The number of carbonyl (C=O) groups excluding carboxylic acids is 1. The van der Waals surface area contributed by atoms with Crippen LogP contribution in [0.4, 0.5) is 0 Å². The van der Waals surface area contributed by atoms with E-state index in [-0.39, 0.29) is 25.3 Å². The smallest absolute Gasteiger partial charge is 0.303 e. The molecular formula is C15H27NO4. The van der Waals surface area contributed by atoms with Crippen LogP contribution in [0.1, 0.15) is 65.2 Å². The van der Waals surface area contributed by atoms with Gasteiger partial charge >= 0.3 is 5.97 Å². The van der Waals surface area contributed by atoms with E-state index in [1.165, 1.54) is 0 Å². The second kappa shape index (κ2) is 7.07. The van der Waals surface area contributed by atoms with Gasteiger partial charge in [-0.25, -0.2) is 0 Å². The molecule has 1 atom stereocenters. The number of hydrogen-bond acceptors (Lipinski definition) is 3. The Morgan fingerprint density at radius 1 is 1.20 bits per heavy atom. The fraction of sp³-hybridized carbons (Fsp3) is 0.867. The zero-order chi connectivity index (χ0) is 15.2. The van der Waals surface area contributed by atoms with Crippen LogP contribution in [-0.2, 0) is 9.59 Å². The molecule has 0 radical (unpaired) electrons. The third-order valence-electron chi connectivity index (χ3n) is 4.40. The van der Waals surface area contributed by atoms with Gasteiger partial charge in [0, 0.05) is 13.0 Å². The van der Waals surface area contributed by atoms with Crippen LogP contribution < -0.4 is 5.32 Å². The second-order valence-electron chi connectivity index (χ2n) is 6.44. The Labute approximate surface area is 120 Å². The lowest BCUT2D eigenvalue weighted by Crippen LogP contribution is -2.42. The molecule has 1 fully saturated rings. The molecule has 5 nitrogen and oxygen atoms in total. The van der Waals surface area contributed by atoms with E-state index in [4.69, 9.17) is 5.11 Å². The van der Waals surface area contributed by atoms with E-state index in [0.29, 0.717) is 6.42 Å². The van der Waals surface area contributed by atoms with Gasteiger partial charge in [0.15, 0.2) is 0 Å². The Hall–Kier alpha value is -1.10. The largest absolute Gasteiger partial charge is 0.481 e. The Morgan fingerprint density at radius 2 is 1.80 bits per heavy atom. The van der Waals surface area contributed by atoms with Gasteiger partial charge in [-0.15, -0.1) is 0 Å². The number of hydrogen-bond donors (Lipinski definition) is 3. The summed E-state index contributed by atoms with van der Waals surface area (Å²) in [6.45, 7) is 3.76. The van der Waals surface area contributed by atoms with E-state index in [1.807, 2.05) is 6.92 Å². The molecule has 0 aromatic heterocycles. The van der Waals surface area contributed by atoms with E-state index in [0.717, 1.165) is 32.1 Å². The molecule has 1 saturated carbocycles. The fourth-order valence-electron chi connectivity index (χ4n) is 2.86. The van der Waals surface area contributed by atoms with Crippen LogP contribution in [0.2, 0.25) is 0 Å². The van der Waals surface area contributed by atoms with E-state index in [9.17, 15) is 14.7 Å². The molecule has 1 aliphatic rings. The summed E-state index contributed by atoms with van der Waals surface area (Å²) in [5, 5.41) is 21.7. The highest BCUT2D eigenvalue weighted by molar-refractivity contribution is 5.78. The molecule has 1 amide bonds. The minimum absolute atomic E-state index is 0.0601. The number of carboxylic acids is 1. The van der Waals surface area contributed by atoms with Crippen molar-refractivity contribution >= 4 is 11.9 Å². The summed E-state index contributed by atoms with van der Waals surface area (Å²) in [7, 11) is 0. The van der Waals surface area contributed by atoms with Crippen molar-refractivity contribution in [3.05, 3.63) is 0 Å². The number of carbonyl (C=O) groups is 2. The van der Waals surface area contributed by atoms with Gasteiger partial charge in [0.2, 0.25) is 5.91 Å². The van der Waals surface area contributed by atoms with E-state index >= 15 is 0 Å². The maximum Gasteiger partial charge on any atom is 0.303 e. The number of rotatable bonds is 7. The van der Waals surface area contributed by atoms with Crippen LogP contribution >= 0.6 is 0 Å². The highest BCUT2D eigenvalue weighted by atomic mass is 16.4. The number of nitrogens with one attached hydrogen (secondary N) is 1. The fourth-order valence-corrected chi connectivity index (χ4v) is 2.86. The molecular weight excluding hydrogens is 258 g/mol. The van der Waals surface area contributed by atoms with Crippen molar-refractivity contribution in [2.24, 2.45) is 5.41 Å². The molecule has 0 bridgehead atoms. The number of aliphatic carboxylic acids is 1. The third kappa shape index (κ3) is 5.49. The Morgan fingerprint density at radius 3 is 2.30 bits per heavy atom. The minimum atomic E-state index is -0.901. The summed E-state index contributed by atoms with van der Waals surface area (Å²) >= 11 is 0. The van der Waals surface area contributed by atoms with Crippen LogP contribution in [0.3, 0.4) is 0 Å². The Kier molecular flexibility index (Phi) is 5.99. The minimum Gasteiger partial charge on any atom is -0.481 e. The molecule has 0 saturated heterocycles. The van der Waals surface area contributed by atoms with Crippen molar-refractivity contribution in [3.8, 4) is 0 Å². The van der Waals surface area contributed by atoms with Crippen molar-refractivity contribution in [1.29, 1.82) is 0 Å². The molecule has 116 valence electrons. The first-order chi connectivity index (χ1) is 9.29. The van der Waals surface area contributed by atoms with Crippen LogP contribution in [0.25, 0.3) is 0 Å². The number of amides is 1. The molecule has 0 spiro atoms. The predicted molar refractivity (Wildman–Crippen MR) is 76.3 cm³/mol. The lowest BCUT2D eigenvalue weighted by Gasteiger charge is -2.35. The van der Waals surface area contributed by atoms with Crippen molar-refractivity contribution < 1.29 is 19.8 Å². The quantitative estimate of drug-likeness (QED) is 0.668. The van der Waals surface area contributed by atoms with E-state index in [1.54, 1.807) is 6.92 Å². The van der Waals surface area contributed by atoms with Gasteiger partial charge in [-0.2, -0.15) is 0 Å². The maximum atomic E-state index is 12.0. The van der Waals surface area contributed by atoms with Gasteiger partial charge in [-0.3, -0.25) is 9.59 Å². The molecule has 20 heavy (non-hydrogen) atoms. The Balaban J connectivity index is 2.56. The molecule has 1 unspecified atom stereocenters. The van der Waals surface area contributed by atoms with Gasteiger partial charge in [0.1, 0.15) is 0 Å². The molecule has 0 aromatic rings. The number of aliphatic hydroxyl groups is 1. The summed E-state index contributed by atoms with van der Waals surface area (Å²) in [4.78, 5) is 23.1. The molecule has 0 heterocycles. The van der Waals surface area contributed by atoms with Crippen LogP contribution in [0.15, 0.2) is 0 Å². The average Bonchev–Trinajstić information content (AvgIpc) is 2.36.